The lowest BCUT2D eigenvalue weighted by Gasteiger charge is -2.02. The van der Waals surface area contributed by atoms with E-state index in [4.69, 9.17) is 9.63 Å². The van der Waals surface area contributed by atoms with Crippen molar-refractivity contribution in [2.24, 2.45) is 0 Å². The van der Waals surface area contributed by atoms with E-state index in [1.807, 2.05) is 12.1 Å². The van der Waals surface area contributed by atoms with Crippen molar-refractivity contribution in [2.45, 2.75) is 13.5 Å². The number of anilines is 1. The van der Waals surface area contributed by atoms with E-state index >= 15 is 0 Å². The molecule has 1 amide bonds. The molecule has 0 aliphatic carbocycles. The lowest BCUT2D eigenvalue weighted by atomic mass is 10.1. The fourth-order valence-electron chi connectivity index (χ4n) is 1.45. The third-order valence-corrected chi connectivity index (χ3v) is 2.22. The zero-order chi connectivity index (χ0) is 12.3. The van der Waals surface area contributed by atoms with Crippen LogP contribution < -0.4 is 5.32 Å². The zero-order valence-electron chi connectivity index (χ0n) is 9.30. The molecule has 5 heteroatoms. The van der Waals surface area contributed by atoms with Gasteiger partial charge in [-0.15, -0.1) is 0 Å². The van der Waals surface area contributed by atoms with Crippen LogP contribution in [-0.4, -0.2) is 16.2 Å². The second-order valence-electron chi connectivity index (χ2n) is 3.60. The van der Waals surface area contributed by atoms with Gasteiger partial charge < -0.3 is 14.9 Å². The number of nitrogens with one attached hydrogen (secondary N) is 1. The van der Waals surface area contributed by atoms with E-state index < -0.39 is 0 Å². The molecule has 0 saturated heterocycles. The number of aliphatic hydroxyl groups is 1. The minimum absolute atomic E-state index is 0.109. The second kappa shape index (κ2) is 4.80. The largest absolute Gasteiger partial charge is 0.388 e. The number of benzene rings is 1. The van der Waals surface area contributed by atoms with Crippen molar-refractivity contribution in [1.29, 1.82) is 0 Å². The number of aliphatic hydroxyl groups excluding tert-OH is 1. The summed E-state index contributed by atoms with van der Waals surface area (Å²) >= 11 is 0. The number of hydrogen-bond donors (Lipinski definition) is 2. The molecule has 88 valence electrons. The van der Waals surface area contributed by atoms with Crippen molar-refractivity contribution in [3.05, 3.63) is 36.1 Å². The van der Waals surface area contributed by atoms with Crippen LogP contribution in [-0.2, 0) is 11.4 Å². The third kappa shape index (κ3) is 2.70. The van der Waals surface area contributed by atoms with E-state index in [0.29, 0.717) is 11.5 Å². The Morgan fingerprint density at radius 1 is 1.41 bits per heavy atom. The average molecular weight is 232 g/mol. The van der Waals surface area contributed by atoms with E-state index in [0.717, 1.165) is 11.3 Å². The number of rotatable bonds is 3. The summed E-state index contributed by atoms with van der Waals surface area (Å²) in [5, 5.41) is 15.4. The number of hydrogen-bond acceptors (Lipinski definition) is 4. The van der Waals surface area contributed by atoms with E-state index in [2.05, 4.69) is 10.5 Å². The SMILES string of the molecule is CC(=O)Nc1ccc(-c2cc(CO)on2)cc1. The Bertz CT molecular complexity index is 517. The first-order chi connectivity index (χ1) is 8.19. The van der Waals surface area contributed by atoms with E-state index in [-0.39, 0.29) is 12.5 Å². The van der Waals surface area contributed by atoms with Gasteiger partial charge in [-0.25, -0.2) is 0 Å². The molecule has 5 nitrogen and oxygen atoms in total. The summed E-state index contributed by atoms with van der Waals surface area (Å²) in [5.74, 6) is 0.313. The summed E-state index contributed by atoms with van der Waals surface area (Å²) in [7, 11) is 0. The Morgan fingerprint density at radius 3 is 2.65 bits per heavy atom. The molecule has 0 bridgehead atoms. The predicted molar refractivity (Wildman–Crippen MR) is 62.2 cm³/mol. The van der Waals surface area contributed by atoms with Gasteiger partial charge in [0.15, 0.2) is 5.76 Å². The van der Waals surface area contributed by atoms with Crippen LogP contribution in [0.15, 0.2) is 34.9 Å². The fraction of sp³-hybridized carbons (Fsp3) is 0.167. The Morgan fingerprint density at radius 2 is 2.12 bits per heavy atom. The molecule has 1 heterocycles. The van der Waals surface area contributed by atoms with Gasteiger partial charge in [0.05, 0.1) is 0 Å². The van der Waals surface area contributed by atoms with Crippen LogP contribution in [0.3, 0.4) is 0 Å². The normalized spacial score (nSPS) is 10.2. The van der Waals surface area contributed by atoms with Crippen molar-refractivity contribution in [1.82, 2.24) is 5.16 Å². The second-order valence-corrected chi connectivity index (χ2v) is 3.60. The van der Waals surface area contributed by atoms with Crippen molar-refractivity contribution >= 4 is 11.6 Å². The molecule has 0 radical (unpaired) electrons. The van der Waals surface area contributed by atoms with E-state index in [1.165, 1.54) is 6.92 Å². The number of carbonyl (C=O) groups is 1. The minimum atomic E-state index is -0.170. The molecule has 2 N–H and O–H groups in total. The Kier molecular flexibility index (Phi) is 3.20. The van der Waals surface area contributed by atoms with Crippen LogP contribution in [0.2, 0.25) is 0 Å². The highest BCUT2D eigenvalue weighted by molar-refractivity contribution is 5.88. The van der Waals surface area contributed by atoms with Crippen LogP contribution >= 0.6 is 0 Å². The van der Waals surface area contributed by atoms with Gasteiger partial charge in [0.2, 0.25) is 5.91 Å². The number of carbonyl (C=O) groups excluding carboxylic acids is 1. The Hall–Kier alpha value is -2.14. The Balaban J connectivity index is 2.19. The smallest absolute Gasteiger partial charge is 0.221 e. The molecular weight excluding hydrogens is 220 g/mol. The topological polar surface area (TPSA) is 75.4 Å². The summed E-state index contributed by atoms with van der Waals surface area (Å²) in [6.45, 7) is 1.29. The quantitative estimate of drug-likeness (QED) is 0.846. The maximum atomic E-state index is 10.8. The molecule has 0 aliphatic heterocycles. The maximum Gasteiger partial charge on any atom is 0.221 e. The van der Waals surface area contributed by atoms with Gasteiger partial charge in [0.1, 0.15) is 12.3 Å². The number of nitrogens with zero attached hydrogens (tertiary/aromatic N) is 1. The van der Waals surface area contributed by atoms with Crippen LogP contribution in [0.5, 0.6) is 0 Å². The molecule has 1 aromatic heterocycles. The maximum absolute atomic E-state index is 10.8. The summed E-state index contributed by atoms with van der Waals surface area (Å²) in [6, 6.07) is 8.88. The van der Waals surface area contributed by atoms with E-state index in [9.17, 15) is 4.79 Å². The molecule has 17 heavy (non-hydrogen) atoms. The molecule has 2 aromatic rings. The molecule has 0 aliphatic rings. The van der Waals surface area contributed by atoms with Crippen molar-refractivity contribution < 1.29 is 14.4 Å². The lowest BCUT2D eigenvalue weighted by molar-refractivity contribution is -0.114. The number of amides is 1. The molecule has 0 saturated carbocycles. The number of aromatic nitrogens is 1. The van der Waals surface area contributed by atoms with Crippen molar-refractivity contribution in [3.8, 4) is 11.3 Å². The van der Waals surface area contributed by atoms with Gasteiger partial charge in [-0.2, -0.15) is 0 Å². The first kappa shape index (κ1) is 11.3. The highest BCUT2D eigenvalue weighted by Crippen LogP contribution is 2.21. The monoisotopic (exact) mass is 232 g/mol. The molecule has 2 rings (SSSR count). The fourth-order valence-corrected chi connectivity index (χ4v) is 1.45. The van der Waals surface area contributed by atoms with Crippen LogP contribution in [0.1, 0.15) is 12.7 Å². The molecule has 0 unspecified atom stereocenters. The van der Waals surface area contributed by atoms with Crippen molar-refractivity contribution in [2.75, 3.05) is 5.32 Å². The summed E-state index contributed by atoms with van der Waals surface area (Å²) in [4.78, 5) is 10.8. The van der Waals surface area contributed by atoms with Crippen LogP contribution in [0.25, 0.3) is 11.3 Å². The molecule has 0 atom stereocenters. The van der Waals surface area contributed by atoms with Gasteiger partial charge in [-0.05, 0) is 12.1 Å². The third-order valence-electron chi connectivity index (χ3n) is 2.22. The summed E-state index contributed by atoms with van der Waals surface area (Å²) < 4.78 is 4.89. The van der Waals surface area contributed by atoms with Gasteiger partial charge in [0, 0.05) is 24.2 Å². The summed E-state index contributed by atoms with van der Waals surface area (Å²) in [5.41, 5.74) is 2.25. The zero-order valence-corrected chi connectivity index (χ0v) is 9.30. The molecule has 0 fully saturated rings. The minimum Gasteiger partial charge on any atom is -0.388 e. The predicted octanol–water partition coefficient (Wildman–Crippen LogP) is 1.79. The first-order valence-corrected chi connectivity index (χ1v) is 5.13. The highest BCUT2D eigenvalue weighted by Gasteiger charge is 2.05. The van der Waals surface area contributed by atoms with Gasteiger partial charge in [0.25, 0.3) is 0 Å². The van der Waals surface area contributed by atoms with Gasteiger partial charge in [-0.3, -0.25) is 4.79 Å². The summed E-state index contributed by atoms with van der Waals surface area (Å²) in [6.07, 6.45) is 0. The molecular formula is C12H12N2O3. The molecule has 0 spiro atoms. The average Bonchev–Trinajstić information content (AvgIpc) is 2.78. The Labute approximate surface area is 98.1 Å². The standard InChI is InChI=1S/C12H12N2O3/c1-8(16)13-10-4-2-9(3-5-10)12-6-11(7-15)17-14-12/h2-6,15H,7H2,1H3,(H,13,16). The molecule has 1 aromatic carbocycles. The lowest BCUT2D eigenvalue weighted by Crippen LogP contribution is -2.05. The highest BCUT2D eigenvalue weighted by atomic mass is 16.5. The first-order valence-electron chi connectivity index (χ1n) is 5.13. The van der Waals surface area contributed by atoms with E-state index in [1.54, 1.807) is 18.2 Å². The van der Waals surface area contributed by atoms with Crippen LogP contribution in [0, 0.1) is 0 Å². The van der Waals surface area contributed by atoms with Gasteiger partial charge >= 0.3 is 0 Å². The van der Waals surface area contributed by atoms with Crippen molar-refractivity contribution in [3.63, 3.8) is 0 Å². The van der Waals surface area contributed by atoms with Crippen LogP contribution in [0.4, 0.5) is 5.69 Å². The van der Waals surface area contributed by atoms with Gasteiger partial charge in [-0.1, -0.05) is 17.3 Å².